The molecule has 0 aromatic heterocycles. The summed E-state index contributed by atoms with van der Waals surface area (Å²) < 4.78 is 41.3. The second-order valence-electron chi connectivity index (χ2n) is 9.59. The summed E-state index contributed by atoms with van der Waals surface area (Å²) in [5.74, 6) is -1.94. The summed E-state index contributed by atoms with van der Waals surface area (Å²) in [4.78, 5) is 41.1. The van der Waals surface area contributed by atoms with E-state index in [2.05, 4.69) is 5.32 Å². The quantitative estimate of drug-likeness (QED) is 0.359. The Kier molecular flexibility index (Phi) is 9.31. The fourth-order valence-corrected chi connectivity index (χ4v) is 6.31. The number of fused-ring (bicyclic) bond motifs is 1. The smallest absolute Gasteiger partial charge is 0.269 e. The van der Waals surface area contributed by atoms with Crippen molar-refractivity contribution < 1.29 is 27.2 Å². The van der Waals surface area contributed by atoms with Crippen molar-refractivity contribution in [1.29, 1.82) is 0 Å². The summed E-state index contributed by atoms with van der Waals surface area (Å²) >= 11 is 0. The van der Waals surface area contributed by atoms with E-state index in [1.807, 2.05) is 37.3 Å². The number of amides is 3. The molecule has 0 radical (unpaired) electrons. The summed E-state index contributed by atoms with van der Waals surface area (Å²) in [7, 11) is -4.00. The van der Waals surface area contributed by atoms with Crippen molar-refractivity contribution in [1.82, 2.24) is 14.5 Å². The van der Waals surface area contributed by atoms with Gasteiger partial charge in [-0.15, -0.1) is 0 Å². The van der Waals surface area contributed by atoms with E-state index in [0.29, 0.717) is 13.0 Å². The van der Waals surface area contributed by atoms with E-state index in [0.717, 1.165) is 9.87 Å². The molecule has 1 N–H and O–H groups in total. The zero-order valence-electron chi connectivity index (χ0n) is 22.3. The minimum absolute atomic E-state index is 0.0419. The highest BCUT2D eigenvalue weighted by Gasteiger charge is 2.40. The Morgan fingerprint density at radius 2 is 1.65 bits per heavy atom. The lowest BCUT2D eigenvalue weighted by Gasteiger charge is -2.32. The molecule has 3 amide bonds. The van der Waals surface area contributed by atoms with E-state index in [1.54, 1.807) is 30.3 Å². The minimum Gasteiger partial charge on any atom is -0.354 e. The Balaban J connectivity index is 1.56. The third-order valence-electron chi connectivity index (χ3n) is 6.78. The van der Waals surface area contributed by atoms with Crippen LogP contribution in [-0.2, 0) is 32.6 Å². The van der Waals surface area contributed by atoms with Crippen LogP contribution in [0.2, 0.25) is 0 Å². The summed E-state index contributed by atoms with van der Waals surface area (Å²) in [5.41, 5.74) is 1.19. The highest BCUT2D eigenvalue weighted by molar-refractivity contribution is 7.90. The Morgan fingerprint density at radius 1 is 0.975 bits per heavy atom. The monoisotopic (exact) mass is 565 g/mol. The van der Waals surface area contributed by atoms with E-state index in [1.165, 1.54) is 23.1 Å². The molecule has 4 rings (SSSR count). The summed E-state index contributed by atoms with van der Waals surface area (Å²) in [6.45, 7) is 2.00. The molecule has 0 aliphatic carbocycles. The highest BCUT2D eigenvalue weighted by Crippen LogP contribution is 2.30. The molecule has 0 fully saturated rings. The van der Waals surface area contributed by atoms with Gasteiger partial charge in [-0.3, -0.25) is 14.4 Å². The molecular formula is C30H32FN3O5S. The van der Waals surface area contributed by atoms with Crippen molar-refractivity contribution in [2.24, 2.45) is 0 Å². The van der Waals surface area contributed by atoms with Gasteiger partial charge in [-0.25, -0.2) is 17.1 Å². The number of nitrogens with one attached hydrogen (secondary N) is 1. The first kappa shape index (κ1) is 28.9. The van der Waals surface area contributed by atoms with Gasteiger partial charge >= 0.3 is 0 Å². The molecule has 0 bridgehead atoms. The SMILES string of the molecule is CCCNC(=O)[C@@H](Cc1ccccc1)N(Cc1ccccc1F)C(=O)CCCN1C(=O)c2ccccc2S1(=O)=O. The van der Waals surface area contributed by atoms with Crippen molar-refractivity contribution in [3.8, 4) is 0 Å². The number of hydrogen-bond donors (Lipinski definition) is 1. The predicted molar refractivity (Wildman–Crippen MR) is 148 cm³/mol. The molecule has 3 aromatic carbocycles. The number of carbonyl (C=O) groups excluding carboxylic acids is 3. The standard InChI is InChI=1S/C30H32FN3O5S/c1-2-18-32-29(36)26(20-22-11-4-3-5-12-22)33(21-23-13-6-8-15-25(23)31)28(35)17-10-19-34-30(37)24-14-7-9-16-27(24)40(34,38)39/h3-9,11-16,26H,2,10,17-21H2,1H3,(H,32,36)/t26-/m1/s1. The molecule has 1 atom stereocenters. The van der Waals surface area contributed by atoms with E-state index < -0.39 is 33.7 Å². The maximum Gasteiger partial charge on any atom is 0.269 e. The highest BCUT2D eigenvalue weighted by atomic mass is 32.2. The van der Waals surface area contributed by atoms with Gasteiger partial charge < -0.3 is 10.2 Å². The van der Waals surface area contributed by atoms with Crippen LogP contribution >= 0.6 is 0 Å². The second kappa shape index (κ2) is 12.9. The molecule has 0 unspecified atom stereocenters. The van der Waals surface area contributed by atoms with Gasteiger partial charge in [0.25, 0.3) is 15.9 Å². The van der Waals surface area contributed by atoms with E-state index >= 15 is 0 Å². The van der Waals surface area contributed by atoms with Crippen LogP contribution < -0.4 is 5.32 Å². The second-order valence-corrected chi connectivity index (χ2v) is 11.4. The number of hydrogen-bond acceptors (Lipinski definition) is 5. The van der Waals surface area contributed by atoms with Gasteiger partial charge in [-0.1, -0.05) is 67.6 Å². The largest absolute Gasteiger partial charge is 0.354 e. The van der Waals surface area contributed by atoms with Gasteiger partial charge in [0.15, 0.2) is 0 Å². The maximum absolute atomic E-state index is 14.7. The number of benzene rings is 3. The number of sulfonamides is 1. The Labute approximate surface area is 233 Å². The normalized spacial score (nSPS) is 14.4. The fraction of sp³-hybridized carbons (Fsp3) is 0.300. The molecule has 10 heteroatoms. The van der Waals surface area contributed by atoms with Gasteiger partial charge in [0.05, 0.1) is 5.56 Å². The molecule has 0 saturated heterocycles. The first-order valence-electron chi connectivity index (χ1n) is 13.2. The summed E-state index contributed by atoms with van der Waals surface area (Å²) in [5, 5.41) is 2.86. The van der Waals surface area contributed by atoms with E-state index in [9.17, 15) is 27.2 Å². The number of halogens is 1. The first-order valence-corrected chi connectivity index (χ1v) is 14.7. The summed E-state index contributed by atoms with van der Waals surface area (Å²) in [6.07, 6.45) is 0.813. The van der Waals surface area contributed by atoms with Crippen molar-refractivity contribution in [2.75, 3.05) is 13.1 Å². The topological polar surface area (TPSA) is 104 Å². The van der Waals surface area contributed by atoms with Crippen LogP contribution in [0.3, 0.4) is 0 Å². The van der Waals surface area contributed by atoms with Crippen molar-refractivity contribution in [2.45, 2.75) is 50.1 Å². The van der Waals surface area contributed by atoms with E-state index in [4.69, 9.17) is 0 Å². The van der Waals surface area contributed by atoms with Gasteiger partial charge in [0.1, 0.15) is 16.8 Å². The molecule has 0 spiro atoms. The van der Waals surface area contributed by atoms with Crippen LogP contribution in [-0.4, -0.2) is 54.5 Å². The van der Waals surface area contributed by atoms with Crippen LogP contribution in [0, 0.1) is 5.82 Å². The third-order valence-corrected chi connectivity index (χ3v) is 8.62. The third kappa shape index (κ3) is 6.39. The number of carbonyl (C=O) groups is 3. The average molecular weight is 566 g/mol. The molecular weight excluding hydrogens is 533 g/mol. The zero-order chi connectivity index (χ0) is 28.7. The maximum atomic E-state index is 14.7. The average Bonchev–Trinajstić information content (AvgIpc) is 3.15. The molecule has 40 heavy (non-hydrogen) atoms. The molecule has 1 aliphatic heterocycles. The fourth-order valence-electron chi connectivity index (χ4n) is 4.70. The Bertz CT molecular complexity index is 1480. The van der Waals surface area contributed by atoms with Gasteiger partial charge in [-0.05, 0) is 36.6 Å². The number of rotatable bonds is 12. The predicted octanol–water partition coefficient (Wildman–Crippen LogP) is 3.92. The van der Waals surface area contributed by atoms with Gasteiger partial charge in [-0.2, -0.15) is 0 Å². The van der Waals surface area contributed by atoms with Gasteiger partial charge in [0.2, 0.25) is 11.8 Å². The lowest BCUT2D eigenvalue weighted by Crippen LogP contribution is -2.50. The zero-order valence-corrected chi connectivity index (χ0v) is 23.1. The molecule has 8 nitrogen and oxygen atoms in total. The van der Waals surface area contributed by atoms with Crippen molar-refractivity contribution in [3.63, 3.8) is 0 Å². The molecule has 3 aromatic rings. The number of nitrogens with zero attached hydrogens (tertiary/aromatic N) is 2. The first-order chi connectivity index (χ1) is 19.2. The van der Waals surface area contributed by atoms with Gasteiger partial charge in [0, 0.05) is 38.0 Å². The van der Waals surface area contributed by atoms with Crippen LogP contribution in [0.15, 0.2) is 83.8 Å². The van der Waals surface area contributed by atoms with Crippen molar-refractivity contribution in [3.05, 3.63) is 101 Å². The molecule has 1 heterocycles. The molecule has 210 valence electrons. The van der Waals surface area contributed by atoms with Crippen LogP contribution in [0.5, 0.6) is 0 Å². The molecule has 0 saturated carbocycles. The Morgan fingerprint density at radius 3 is 2.35 bits per heavy atom. The van der Waals surface area contributed by atoms with Crippen LogP contribution in [0.1, 0.15) is 47.7 Å². The van der Waals surface area contributed by atoms with Crippen LogP contribution in [0.25, 0.3) is 0 Å². The minimum atomic E-state index is -4.00. The van der Waals surface area contributed by atoms with Crippen molar-refractivity contribution >= 4 is 27.7 Å². The summed E-state index contributed by atoms with van der Waals surface area (Å²) in [6, 6.07) is 20.4. The van der Waals surface area contributed by atoms with E-state index in [-0.39, 0.29) is 54.3 Å². The molecule has 1 aliphatic rings. The lowest BCUT2D eigenvalue weighted by atomic mass is 10.0. The lowest BCUT2D eigenvalue weighted by molar-refractivity contribution is -0.141. The Hall–Kier alpha value is -4.05. The van der Waals surface area contributed by atoms with Crippen LogP contribution in [0.4, 0.5) is 4.39 Å².